The molecule has 0 unspecified atom stereocenters. The number of nitrogens with one attached hydrogen (secondary N) is 1. The maximum absolute atomic E-state index is 3.80. The highest BCUT2D eigenvalue weighted by molar-refractivity contribution is 6.15. The topological polar surface area (TPSA) is 17.0 Å². The maximum atomic E-state index is 3.80. The molecule has 1 aromatic heterocycles. The van der Waals surface area contributed by atoms with Gasteiger partial charge in [-0.3, -0.25) is 0 Å². The summed E-state index contributed by atoms with van der Waals surface area (Å²) in [7, 11) is 0. The van der Waals surface area contributed by atoms with Gasteiger partial charge in [0.2, 0.25) is 0 Å². The molecule has 8 rings (SSSR count). The largest absolute Gasteiger partial charge is 0.355 e. The van der Waals surface area contributed by atoms with Gasteiger partial charge in [0.1, 0.15) is 0 Å². The van der Waals surface area contributed by atoms with Crippen molar-refractivity contribution in [3.63, 3.8) is 0 Å². The number of anilines is 2. The first kappa shape index (κ1) is 23.8. The van der Waals surface area contributed by atoms with E-state index < -0.39 is 0 Å². The molecule has 1 heterocycles. The summed E-state index contributed by atoms with van der Waals surface area (Å²) in [5, 5.41) is 6.35. The molecule has 1 aliphatic rings. The van der Waals surface area contributed by atoms with E-state index >= 15 is 0 Å². The van der Waals surface area contributed by atoms with Crippen molar-refractivity contribution in [2.75, 3.05) is 5.32 Å². The summed E-state index contributed by atoms with van der Waals surface area (Å²) in [6, 6.07) is 50.4. The quantitative estimate of drug-likeness (QED) is 0.241. The van der Waals surface area contributed by atoms with Gasteiger partial charge in [-0.1, -0.05) is 111 Å². The molecule has 0 bridgehead atoms. The number of hydrogen-bond donors (Lipinski definition) is 1. The van der Waals surface area contributed by atoms with Gasteiger partial charge in [0, 0.05) is 38.8 Å². The molecule has 0 amide bonds. The second-order valence-electron chi connectivity index (χ2n) is 11.5. The van der Waals surface area contributed by atoms with E-state index in [9.17, 15) is 0 Å². The molecule has 1 aliphatic carbocycles. The highest BCUT2D eigenvalue weighted by atomic mass is 15.0. The van der Waals surface area contributed by atoms with Gasteiger partial charge in [-0.15, -0.1) is 0 Å². The summed E-state index contributed by atoms with van der Waals surface area (Å²) >= 11 is 0. The molecule has 1 N–H and O–H groups in total. The van der Waals surface area contributed by atoms with E-state index in [2.05, 4.69) is 163 Å². The minimum absolute atomic E-state index is 0.0198. The summed E-state index contributed by atoms with van der Waals surface area (Å²) < 4.78 is 2.38. The monoisotopic (exact) mass is 526 g/mol. The lowest BCUT2D eigenvalue weighted by Crippen LogP contribution is -2.14. The fraction of sp³-hybridized carbons (Fsp3) is 0.0769. The van der Waals surface area contributed by atoms with E-state index in [4.69, 9.17) is 0 Å². The van der Waals surface area contributed by atoms with E-state index in [0.29, 0.717) is 0 Å². The molecule has 0 atom stereocenters. The van der Waals surface area contributed by atoms with Crippen molar-refractivity contribution in [1.29, 1.82) is 0 Å². The Morgan fingerprint density at radius 2 is 1.24 bits per heavy atom. The summed E-state index contributed by atoms with van der Waals surface area (Å²) in [6.07, 6.45) is 0. The van der Waals surface area contributed by atoms with Crippen LogP contribution in [0.15, 0.2) is 140 Å². The van der Waals surface area contributed by atoms with Crippen LogP contribution in [-0.4, -0.2) is 4.57 Å². The molecule has 0 radical (unpaired) electrons. The second kappa shape index (κ2) is 8.97. The van der Waals surface area contributed by atoms with Gasteiger partial charge in [-0.2, -0.15) is 0 Å². The Morgan fingerprint density at radius 1 is 0.561 bits per heavy atom. The standard InChI is InChI=1S/C39H30N2/c1-39(2)32-20-8-6-17-30(32)38-33(39)21-12-22-34(38)40-27-14-10-13-26(25-27)29-19-11-24-36-37(29)31-18-7-9-23-35(31)41(36)28-15-4-3-5-16-28/h3-25,40H,1-2H3. The second-order valence-corrected chi connectivity index (χ2v) is 11.5. The van der Waals surface area contributed by atoms with Crippen LogP contribution in [-0.2, 0) is 5.41 Å². The molecule has 0 fully saturated rings. The van der Waals surface area contributed by atoms with E-state index in [1.54, 1.807) is 0 Å². The number of fused-ring (bicyclic) bond motifs is 6. The third kappa shape index (κ3) is 3.57. The Balaban J connectivity index is 1.27. The highest BCUT2D eigenvalue weighted by Crippen LogP contribution is 2.51. The van der Waals surface area contributed by atoms with Crippen LogP contribution in [0.5, 0.6) is 0 Å². The van der Waals surface area contributed by atoms with Gasteiger partial charge in [0.05, 0.1) is 11.0 Å². The van der Waals surface area contributed by atoms with Crippen LogP contribution < -0.4 is 5.32 Å². The minimum atomic E-state index is -0.0198. The van der Waals surface area contributed by atoms with Crippen molar-refractivity contribution in [1.82, 2.24) is 4.57 Å². The van der Waals surface area contributed by atoms with Crippen LogP contribution in [0, 0.1) is 0 Å². The lowest BCUT2D eigenvalue weighted by molar-refractivity contribution is 0.660. The summed E-state index contributed by atoms with van der Waals surface area (Å²) in [4.78, 5) is 0. The van der Waals surface area contributed by atoms with Crippen molar-refractivity contribution in [2.24, 2.45) is 0 Å². The first-order valence-electron chi connectivity index (χ1n) is 14.3. The van der Waals surface area contributed by atoms with E-state index in [-0.39, 0.29) is 5.41 Å². The van der Waals surface area contributed by atoms with Gasteiger partial charge >= 0.3 is 0 Å². The van der Waals surface area contributed by atoms with Gasteiger partial charge in [-0.05, 0) is 70.3 Å². The lowest BCUT2D eigenvalue weighted by atomic mass is 9.82. The minimum Gasteiger partial charge on any atom is -0.355 e. The van der Waals surface area contributed by atoms with Crippen LogP contribution in [0.25, 0.3) is 49.7 Å². The molecular formula is C39H30N2. The first-order chi connectivity index (χ1) is 20.1. The van der Waals surface area contributed by atoms with Gasteiger partial charge < -0.3 is 9.88 Å². The van der Waals surface area contributed by atoms with Crippen molar-refractivity contribution >= 4 is 33.2 Å². The number of para-hydroxylation sites is 2. The maximum Gasteiger partial charge on any atom is 0.0547 e. The first-order valence-corrected chi connectivity index (χ1v) is 14.3. The normalized spacial score (nSPS) is 13.3. The Hall–Kier alpha value is -5.08. The third-order valence-corrected chi connectivity index (χ3v) is 8.77. The zero-order valence-corrected chi connectivity index (χ0v) is 23.2. The Bertz CT molecular complexity index is 2100. The molecule has 196 valence electrons. The predicted molar refractivity (Wildman–Crippen MR) is 174 cm³/mol. The number of nitrogens with zero attached hydrogens (tertiary/aromatic N) is 1. The average Bonchev–Trinajstić information content (AvgIpc) is 3.48. The molecule has 2 heteroatoms. The van der Waals surface area contributed by atoms with Crippen LogP contribution in [0.3, 0.4) is 0 Å². The van der Waals surface area contributed by atoms with Gasteiger partial charge in [-0.25, -0.2) is 0 Å². The molecule has 7 aromatic rings. The Kier molecular flexibility index (Phi) is 5.20. The Labute approximate surface area is 240 Å². The smallest absolute Gasteiger partial charge is 0.0547 e. The van der Waals surface area contributed by atoms with E-state index in [0.717, 1.165) is 11.4 Å². The van der Waals surface area contributed by atoms with Crippen LogP contribution in [0.1, 0.15) is 25.0 Å². The van der Waals surface area contributed by atoms with E-state index in [1.807, 2.05) is 0 Å². The summed E-state index contributed by atoms with van der Waals surface area (Å²) in [5.74, 6) is 0. The van der Waals surface area contributed by atoms with Crippen molar-refractivity contribution in [3.05, 3.63) is 151 Å². The predicted octanol–water partition coefficient (Wildman–Crippen LogP) is 10.5. The molecule has 0 spiro atoms. The van der Waals surface area contributed by atoms with Gasteiger partial charge in [0.25, 0.3) is 0 Å². The number of aromatic nitrogens is 1. The number of hydrogen-bond acceptors (Lipinski definition) is 1. The molecule has 2 nitrogen and oxygen atoms in total. The molecule has 6 aromatic carbocycles. The number of rotatable bonds is 4. The fourth-order valence-electron chi connectivity index (χ4n) is 6.89. The zero-order chi connectivity index (χ0) is 27.6. The SMILES string of the molecule is CC1(C)c2ccccc2-c2c(Nc3cccc(-c4cccc5c4c4ccccc4n5-c4ccccc4)c3)cccc21. The zero-order valence-electron chi connectivity index (χ0n) is 23.2. The van der Waals surface area contributed by atoms with Crippen molar-refractivity contribution < 1.29 is 0 Å². The fourth-order valence-corrected chi connectivity index (χ4v) is 6.89. The average molecular weight is 527 g/mol. The molecule has 0 aliphatic heterocycles. The van der Waals surface area contributed by atoms with Crippen molar-refractivity contribution in [3.8, 4) is 27.9 Å². The van der Waals surface area contributed by atoms with E-state index in [1.165, 1.54) is 60.9 Å². The molecule has 41 heavy (non-hydrogen) atoms. The Morgan fingerprint density at radius 3 is 2.15 bits per heavy atom. The number of benzene rings is 6. The molecule has 0 saturated carbocycles. The lowest BCUT2D eigenvalue weighted by Gasteiger charge is -2.21. The van der Waals surface area contributed by atoms with Crippen molar-refractivity contribution in [2.45, 2.75) is 19.3 Å². The van der Waals surface area contributed by atoms with Crippen LogP contribution >= 0.6 is 0 Å². The third-order valence-electron chi connectivity index (χ3n) is 8.77. The van der Waals surface area contributed by atoms with Crippen LogP contribution in [0.2, 0.25) is 0 Å². The van der Waals surface area contributed by atoms with Gasteiger partial charge in [0.15, 0.2) is 0 Å². The summed E-state index contributed by atoms with van der Waals surface area (Å²) in [6.45, 7) is 4.66. The molecule has 0 saturated heterocycles. The molecular weight excluding hydrogens is 496 g/mol. The van der Waals surface area contributed by atoms with Crippen LogP contribution in [0.4, 0.5) is 11.4 Å². The highest BCUT2D eigenvalue weighted by Gasteiger charge is 2.36. The summed E-state index contributed by atoms with van der Waals surface area (Å²) in [5.41, 5.74) is 13.7.